The number of β-amino-alcohol motifs (C(OH)–C–C–N with tert-alkyl or cyclic N) is 1. The van der Waals surface area contributed by atoms with Crippen LogP contribution in [0.3, 0.4) is 0 Å². The zero-order valence-corrected chi connectivity index (χ0v) is 9.67. The lowest BCUT2D eigenvalue weighted by atomic mass is 10.0. The van der Waals surface area contributed by atoms with Gasteiger partial charge >= 0.3 is 5.97 Å². The summed E-state index contributed by atoms with van der Waals surface area (Å²) in [5, 5.41) is 18.7. The number of hydrogen-bond acceptors (Lipinski definition) is 4. The summed E-state index contributed by atoms with van der Waals surface area (Å²) in [5.41, 5.74) is 0. The van der Waals surface area contributed by atoms with E-state index < -0.39 is 18.1 Å². The highest BCUT2D eigenvalue weighted by atomic mass is 16.4. The average Bonchev–Trinajstić information content (AvgIpc) is 2.61. The van der Waals surface area contributed by atoms with Crippen LogP contribution in [-0.2, 0) is 4.79 Å². The molecule has 2 saturated heterocycles. The van der Waals surface area contributed by atoms with E-state index in [2.05, 4.69) is 11.9 Å². The summed E-state index contributed by atoms with van der Waals surface area (Å²) in [6, 6.07) is -0.155. The lowest BCUT2D eigenvalue weighted by Crippen LogP contribution is -2.48. The smallest absolute Gasteiger partial charge is 0.321 e. The Morgan fingerprint density at radius 2 is 1.94 bits per heavy atom. The van der Waals surface area contributed by atoms with Crippen LogP contribution in [0.15, 0.2) is 0 Å². The minimum atomic E-state index is -0.796. The van der Waals surface area contributed by atoms with E-state index in [9.17, 15) is 9.90 Å². The van der Waals surface area contributed by atoms with Crippen molar-refractivity contribution in [1.29, 1.82) is 0 Å². The van der Waals surface area contributed by atoms with Gasteiger partial charge in [0, 0.05) is 19.0 Å². The third kappa shape index (κ3) is 2.36. The summed E-state index contributed by atoms with van der Waals surface area (Å²) in [5.74, 6) is -0.796. The van der Waals surface area contributed by atoms with Crippen LogP contribution >= 0.6 is 0 Å². The molecule has 0 aromatic rings. The number of carboxylic acid groups (broad SMARTS) is 1. The molecule has 2 fully saturated rings. The van der Waals surface area contributed by atoms with Gasteiger partial charge in [-0.1, -0.05) is 0 Å². The Balaban J connectivity index is 1.99. The Labute approximate surface area is 95.6 Å². The number of hydrogen-bond donors (Lipinski definition) is 2. The molecule has 2 unspecified atom stereocenters. The van der Waals surface area contributed by atoms with E-state index in [4.69, 9.17) is 5.11 Å². The first-order chi connectivity index (χ1) is 7.58. The number of aliphatic hydroxyl groups is 1. The van der Waals surface area contributed by atoms with Gasteiger partial charge in [0.1, 0.15) is 6.04 Å². The standard InChI is InChI=1S/C11H20N2O3/c1-12-4-2-8(3-5-12)13-7-9(14)6-10(13)11(15)16/h8-10,14H,2-7H2,1H3,(H,15,16). The van der Waals surface area contributed by atoms with Crippen molar-refractivity contribution in [3.8, 4) is 0 Å². The number of carbonyl (C=O) groups is 1. The van der Waals surface area contributed by atoms with Crippen molar-refractivity contribution in [2.45, 2.75) is 37.5 Å². The minimum absolute atomic E-state index is 0.328. The molecular weight excluding hydrogens is 208 g/mol. The molecule has 2 atom stereocenters. The molecule has 0 aliphatic carbocycles. The number of likely N-dealkylation sites (tertiary alicyclic amines) is 2. The van der Waals surface area contributed by atoms with Crippen LogP contribution in [0.5, 0.6) is 0 Å². The largest absolute Gasteiger partial charge is 0.480 e. The first-order valence-corrected chi connectivity index (χ1v) is 5.93. The molecule has 5 heteroatoms. The highest BCUT2D eigenvalue weighted by Crippen LogP contribution is 2.26. The number of piperidine rings is 1. The van der Waals surface area contributed by atoms with Crippen molar-refractivity contribution in [2.24, 2.45) is 0 Å². The fraction of sp³-hybridized carbons (Fsp3) is 0.909. The number of carboxylic acids is 1. The Kier molecular flexibility index (Phi) is 3.47. The van der Waals surface area contributed by atoms with Crippen molar-refractivity contribution in [3.63, 3.8) is 0 Å². The van der Waals surface area contributed by atoms with Crippen LogP contribution in [0, 0.1) is 0 Å². The predicted octanol–water partition coefficient (Wildman–Crippen LogP) is -0.400. The van der Waals surface area contributed by atoms with Crippen molar-refractivity contribution in [2.75, 3.05) is 26.7 Å². The van der Waals surface area contributed by atoms with Gasteiger partial charge in [0.15, 0.2) is 0 Å². The third-order valence-corrected chi connectivity index (χ3v) is 3.76. The number of aliphatic carboxylic acids is 1. The summed E-state index contributed by atoms with van der Waals surface area (Å²) in [7, 11) is 2.09. The summed E-state index contributed by atoms with van der Waals surface area (Å²) in [4.78, 5) is 15.4. The SMILES string of the molecule is CN1CCC(N2CC(O)CC2C(=O)O)CC1. The lowest BCUT2D eigenvalue weighted by Gasteiger charge is -2.36. The molecular formula is C11H20N2O3. The molecule has 2 aliphatic heterocycles. The van der Waals surface area contributed by atoms with E-state index >= 15 is 0 Å². The molecule has 0 amide bonds. The fourth-order valence-electron chi connectivity index (χ4n) is 2.81. The van der Waals surface area contributed by atoms with Gasteiger partial charge in [0.25, 0.3) is 0 Å². The zero-order valence-electron chi connectivity index (χ0n) is 9.67. The molecule has 0 bridgehead atoms. The van der Waals surface area contributed by atoms with Gasteiger partial charge in [-0.15, -0.1) is 0 Å². The Morgan fingerprint density at radius 3 is 2.50 bits per heavy atom. The molecule has 2 rings (SSSR count). The molecule has 0 spiro atoms. The van der Waals surface area contributed by atoms with Crippen molar-refractivity contribution >= 4 is 5.97 Å². The zero-order chi connectivity index (χ0) is 11.7. The molecule has 0 aromatic carbocycles. The molecule has 0 aromatic heterocycles. The van der Waals surface area contributed by atoms with Gasteiger partial charge in [0.05, 0.1) is 6.10 Å². The summed E-state index contributed by atoms with van der Waals surface area (Å²) >= 11 is 0. The molecule has 2 aliphatic rings. The quantitative estimate of drug-likeness (QED) is 0.673. The monoisotopic (exact) mass is 228 g/mol. The number of nitrogens with zero attached hydrogens (tertiary/aromatic N) is 2. The Hall–Kier alpha value is -0.650. The molecule has 0 radical (unpaired) electrons. The molecule has 92 valence electrons. The fourth-order valence-corrected chi connectivity index (χ4v) is 2.81. The first kappa shape index (κ1) is 11.8. The number of rotatable bonds is 2. The molecule has 0 saturated carbocycles. The van der Waals surface area contributed by atoms with Crippen LogP contribution in [0.25, 0.3) is 0 Å². The number of aliphatic hydroxyl groups excluding tert-OH is 1. The predicted molar refractivity (Wildman–Crippen MR) is 59.3 cm³/mol. The topological polar surface area (TPSA) is 64.0 Å². The van der Waals surface area contributed by atoms with Crippen LogP contribution in [-0.4, -0.2) is 70.9 Å². The third-order valence-electron chi connectivity index (χ3n) is 3.76. The maximum Gasteiger partial charge on any atom is 0.321 e. The van der Waals surface area contributed by atoms with Crippen LogP contribution < -0.4 is 0 Å². The van der Waals surface area contributed by atoms with Gasteiger partial charge in [0.2, 0.25) is 0 Å². The highest BCUT2D eigenvalue weighted by Gasteiger charge is 2.40. The van der Waals surface area contributed by atoms with E-state index in [-0.39, 0.29) is 0 Å². The Morgan fingerprint density at radius 1 is 1.31 bits per heavy atom. The normalized spacial score (nSPS) is 34.4. The molecule has 2 heterocycles. The minimum Gasteiger partial charge on any atom is -0.480 e. The van der Waals surface area contributed by atoms with Gasteiger partial charge in [-0.2, -0.15) is 0 Å². The first-order valence-electron chi connectivity index (χ1n) is 5.93. The Bertz CT molecular complexity index is 264. The molecule has 2 N–H and O–H groups in total. The molecule has 5 nitrogen and oxygen atoms in total. The summed E-state index contributed by atoms with van der Waals surface area (Å²) in [6.45, 7) is 2.55. The maximum atomic E-state index is 11.1. The summed E-state index contributed by atoms with van der Waals surface area (Å²) < 4.78 is 0. The van der Waals surface area contributed by atoms with Gasteiger partial charge in [-0.05, 0) is 33.0 Å². The molecule has 16 heavy (non-hydrogen) atoms. The average molecular weight is 228 g/mol. The second-order valence-corrected chi connectivity index (χ2v) is 4.97. The van der Waals surface area contributed by atoms with Crippen LogP contribution in [0.4, 0.5) is 0 Å². The second kappa shape index (κ2) is 4.69. The van der Waals surface area contributed by atoms with Crippen molar-refractivity contribution < 1.29 is 15.0 Å². The lowest BCUT2D eigenvalue weighted by molar-refractivity contribution is -0.143. The van der Waals surface area contributed by atoms with E-state index in [1.165, 1.54) is 0 Å². The highest BCUT2D eigenvalue weighted by molar-refractivity contribution is 5.74. The maximum absolute atomic E-state index is 11.1. The van der Waals surface area contributed by atoms with Crippen LogP contribution in [0.1, 0.15) is 19.3 Å². The van der Waals surface area contributed by atoms with E-state index in [1.54, 1.807) is 0 Å². The van der Waals surface area contributed by atoms with Crippen LogP contribution in [0.2, 0.25) is 0 Å². The van der Waals surface area contributed by atoms with E-state index in [1.807, 2.05) is 4.90 Å². The van der Waals surface area contributed by atoms with E-state index in [0.29, 0.717) is 19.0 Å². The van der Waals surface area contributed by atoms with E-state index in [0.717, 1.165) is 25.9 Å². The van der Waals surface area contributed by atoms with Crippen molar-refractivity contribution in [1.82, 2.24) is 9.80 Å². The van der Waals surface area contributed by atoms with Gasteiger partial charge in [-0.3, -0.25) is 9.69 Å². The van der Waals surface area contributed by atoms with Gasteiger partial charge < -0.3 is 15.1 Å². The van der Waals surface area contributed by atoms with Gasteiger partial charge in [-0.25, -0.2) is 0 Å². The second-order valence-electron chi connectivity index (χ2n) is 4.97. The van der Waals surface area contributed by atoms with Crippen molar-refractivity contribution in [3.05, 3.63) is 0 Å². The summed E-state index contributed by atoms with van der Waals surface area (Å²) in [6.07, 6.45) is 1.92.